The Morgan fingerprint density at radius 3 is 2.62 bits per heavy atom. The maximum atomic E-state index is 10.6. The molecule has 0 aromatic rings. The van der Waals surface area contributed by atoms with Gasteiger partial charge in [-0.15, -0.1) is 0 Å². The third-order valence-electron chi connectivity index (χ3n) is 2.09. The number of hydrogen-bond acceptors (Lipinski definition) is 3. The highest BCUT2D eigenvalue weighted by molar-refractivity contribution is 7.99. The van der Waals surface area contributed by atoms with Crippen LogP contribution < -0.4 is 5.73 Å². The minimum atomic E-state index is -1.07. The van der Waals surface area contributed by atoms with E-state index >= 15 is 0 Å². The molecule has 3 nitrogen and oxygen atoms in total. The molecule has 2 unspecified atom stereocenters. The van der Waals surface area contributed by atoms with Gasteiger partial charge in [-0.1, -0.05) is 13.8 Å². The van der Waals surface area contributed by atoms with Gasteiger partial charge in [-0.25, -0.2) is 0 Å². The fraction of sp³-hybridized carbons (Fsp3) is 0.889. The van der Waals surface area contributed by atoms with E-state index in [4.69, 9.17) is 10.8 Å². The summed E-state index contributed by atoms with van der Waals surface area (Å²) >= 11 is 1.78. The van der Waals surface area contributed by atoms with Crippen LogP contribution in [0.4, 0.5) is 0 Å². The van der Waals surface area contributed by atoms with Crippen LogP contribution in [-0.4, -0.2) is 27.6 Å². The lowest BCUT2D eigenvalue weighted by molar-refractivity contribution is -0.142. The van der Waals surface area contributed by atoms with E-state index in [2.05, 4.69) is 13.8 Å². The first kappa shape index (κ1) is 12.8. The van der Waals surface area contributed by atoms with Gasteiger partial charge in [0.25, 0.3) is 0 Å². The third kappa shape index (κ3) is 5.16. The second-order valence-electron chi connectivity index (χ2n) is 3.56. The Kier molecular flexibility index (Phi) is 5.40. The average Bonchev–Trinajstić information content (AvgIpc) is 2.03. The van der Waals surface area contributed by atoms with E-state index in [1.165, 1.54) is 0 Å². The minimum Gasteiger partial charge on any atom is -0.480 e. The molecule has 3 N–H and O–H groups in total. The molecule has 0 spiro atoms. The summed E-state index contributed by atoms with van der Waals surface area (Å²) in [5.74, 6) is -0.105. The van der Waals surface area contributed by atoms with E-state index in [0.717, 1.165) is 12.2 Å². The molecule has 13 heavy (non-hydrogen) atoms. The fourth-order valence-corrected chi connectivity index (χ4v) is 1.88. The molecule has 0 radical (unpaired) electrons. The van der Waals surface area contributed by atoms with Crippen molar-refractivity contribution in [2.75, 3.05) is 5.75 Å². The number of aliphatic carboxylic acids is 1. The molecule has 0 bridgehead atoms. The molecule has 0 saturated heterocycles. The lowest BCUT2D eigenvalue weighted by atomic mass is 10.0. The van der Waals surface area contributed by atoms with Gasteiger partial charge in [-0.05, 0) is 25.5 Å². The van der Waals surface area contributed by atoms with Gasteiger partial charge in [0.15, 0.2) is 0 Å². The summed E-state index contributed by atoms with van der Waals surface area (Å²) in [6.07, 6.45) is 1.64. The SMILES string of the molecule is CCC(C)SCCC(C)(N)C(=O)O. The predicted molar refractivity (Wildman–Crippen MR) is 57.1 cm³/mol. The summed E-state index contributed by atoms with van der Waals surface area (Å²) in [5.41, 5.74) is 4.51. The Bertz CT molecular complexity index is 171. The first-order chi connectivity index (χ1) is 5.90. The van der Waals surface area contributed by atoms with Crippen molar-refractivity contribution in [3.63, 3.8) is 0 Å². The molecule has 0 heterocycles. The molecule has 4 heteroatoms. The molecule has 0 amide bonds. The van der Waals surface area contributed by atoms with Crippen molar-refractivity contribution >= 4 is 17.7 Å². The van der Waals surface area contributed by atoms with Crippen molar-refractivity contribution in [2.24, 2.45) is 5.73 Å². The highest BCUT2D eigenvalue weighted by atomic mass is 32.2. The van der Waals surface area contributed by atoms with Crippen LogP contribution in [0.5, 0.6) is 0 Å². The van der Waals surface area contributed by atoms with E-state index in [1.807, 2.05) is 0 Å². The summed E-state index contributed by atoms with van der Waals surface area (Å²) < 4.78 is 0. The average molecular weight is 205 g/mol. The van der Waals surface area contributed by atoms with Gasteiger partial charge in [-0.2, -0.15) is 11.8 Å². The zero-order valence-corrected chi connectivity index (χ0v) is 9.36. The minimum absolute atomic E-state index is 0.525. The van der Waals surface area contributed by atoms with Crippen LogP contribution in [0.1, 0.15) is 33.6 Å². The summed E-state index contributed by atoms with van der Waals surface area (Å²) in [6.45, 7) is 5.82. The molecule has 0 aliphatic heterocycles. The normalized spacial score (nSPS) is 17.8. The Labute approximate surface area is 84.1 Å². The largest absolute Gasteiger partial charge is 0.480 e. The maximum Gasteiger partial charge on any atom is 0.323 e. The predicted octanol–water partition coefficient (Wildman–Crippen LogP) is 1.71. The van der Waals surface area contributed by atoms with Gasteiger partial charge < -0.3 is 10.8 Å². The second-order valence-corrected chi connectivity index (χ2v) is 5.11. The Balaban J connectivity index is 3.70. The van der Waals surface area contributed by atoms with Crippen LogP contribution in [-0.2, 0) is 4.79 Å². The van der Waals surface area contributed by atoms with Crippen molar-refractivity contribution < 1.29 is 9.90 Å². The van der Waals surface area contributed by atoms with Gasteiger partial charge in [-0.3, -0.25) is 4.79 Å². The zero-order valence-electron chi connectivity index (χ0n) is 8.54. The first-order valence-electron chi connectivity index (χ1n) is 4.54. The van der Waals surface area contributed by atoms with Crippen molar-refractivity contribution in [3.05, 3.63) is 0 Å². The second kappa shape index (κ2) is 5.50. The van der Waals surface area contributed by atoms with Gasteiger partial charge in [0.05, 0.1) is 0 Å². The monoisotopic (exact) mass is 205 g/mol. The Morgan fingerprint density at radius 1 is 1.69 bits per heavy atom. The summed E-state index contributed by atoms with van der Waals surface area (Å²) in [6, 6.07) is 0. The molecule has 0 rings (SSSR count). The highest BCUT2D eigenvalue weighted by Crippen LogP contribution is 2.18. The van der Waals surface area contributed by atoms with Crippen LogP contribution in [0.2, 0.25) is 0 Å². The highest BCUT2D eigenvalue weighted by Gasteiger charge is 2.27. The van der Waals surface area contributed by atoms with E-state index in [0.29, 0.717) is 11.7 Å². The molecule has 0 aromatic heterocycles. The number of carboxylic acids is 1. The lowest BCUT2D eigenvalue weighted by Crippen LogP contribution is -2.45. The molecule has 0 fully saturated rings. The van der Waals surface area contributed by atoms with Gasteiger partial charge in [0, 0.05) is 5.25 Å². The van der Waals surface area contributed by atoms with Crippen LogP contribution in [0.3, 0.4) is 0 Å². The first-order valence-corrected chi connectivity index (χ1v) is 5.59. The topological polar surface area (TPSA) is 63.3 Å². The standard InChI is InChI=1S/C9H19NO2S/c1-4-7(2)13-6-5-9(3,10)8(11)12/h7H,4-6,10H2,1-3H3,(H,11,12). The Morgan fingerprint density at radius 2 is 2.23 bits per heavy atom. The van der Waals surface area contributed by atoms with Crippen LogP contribution in [0.25, 0.3) is 0 Å². The van der Waals surface area contributed by atoms with E-state index in [9.17, 15) is 4.79 Å². The summed E-state index contributed by atoms with van der Waals surface area (Å²) in [7, 11) is 0. The number of rotatable bonds is 6. The van der Waals surface area contributed by atoms with Crippen LogP contribution in [0, 0.1) is 0 Å². The lowest BCUT2D eigenvalue weighted by Gasteiger charge is -2.19. The number of carboxylic acid groups (broad SMARTS) is 1. The van der Waals surface area contributed by atoms with E-state index < -0.39 is 11.5 Å². The molecule has 78 valence electrons. The van der Waals surface area contributed by atoms with Crippen LogP contribution >= 0.6 is 11.8 Å². The van der Waals surface area contributed by atoms with Crippen LogP contribution in [0.15, 0.2) is 0 Å². The maximum absolute atomic E-state index is 10.6. The van der Waals surface area contributed by atoms with Crippen molar-refractivity contribution in [1.29, 1.82) is 0 Å². The third-order valence-corrected chi connectivity index (χ3v) is 3.43. The van der Waals surface area contributed by atoms with Gasteiger partial charge >= 0.3 is 5.97 Å². The smallest absolute Gasteiger partial charge is 0.323 e. The zero-order chi connectivity index (χ0) is 10.5. The van der Waals surface area contributed by atoms with Gasteiger partial charge in [0.2, 0.25) is 0 Å². The molecular weight excluding hydrogens is 186 g/mol. The number of hydrogen-bond donors (Lipinski definition) is 2. The molecular formula is C9H19NO2S. The fourth-order valence-electron chi connectivity index (χ4n) is 0.697. The van der Waals surface area contributed by atoms with E-state index in [1.54, 1.807) is 18.7 Å². The number of carbonyl (C=O) groups is 1. The Hall–Kier alpha value is -0.220. The van der Waals surface area contributed by atoms with E-state index in [-0.39, 0.29) is 0 Å². The van der Waals surface area contributed by atoms with Crippen molar-refractivity contribution in [2.45, 2.75) is 44.4 Å². The molecule has 2 atom stereocenters. The van der Waals surface area contributed by atoms with Crippen molar-refractivity contribution in [1.82, 2.24) is 0 Å². The summed E-state index contributed by atoms with van der Waals surface area (Å²) in [4.78, 5) is 10.6. The molecule has 0 aromatic carbocycles. The number of nitrogens with two attached hydrogens (primary N) is 1. The quantitative estimate of drug-likeness (QED) is 0.693. The molecule has 0 aliphatic carbocycles. The van der Waals surface area contributed by atoms with Crippen molar-refractivity contribution in [3.8, 4) is 0 Å². The van der Waals surface area contributed by atoms with Gasteiger partial charge in [0.1, 0.15) is 5.54 Å². The molecule has 0 saturated carbocycles. The molecule has 0 aliphatic rings. The number of thioether (sulfide) groups is 1. The summed E-state index contributed by atoms with van der Waals surface area (Å²) in [5, 5.41) is 9.32.